The lowest BCUT2D eigenvalue weighted by atomic mass is 10.0. The van der Waals surface area contributed by atoms with E-state index < -0.39 is 0 Å². The van der Waals surface area contributed by atoms with Crippen molar-refractivity contribution in [1.29, 1.82) is 5.26 Å². The Labute approximate surface area is 135 Å². The van der Waals surface area contributed by atoms with Crippen LogP contribution in [0.2, 0.25) is 0 Å². The number of benzene rings is 2. The van der Waals surface area contributed by atoms with Gasteiger partial charge in [-0.15, -0.1) is 0 Å². The highest BCUT2D eigenvalue weighted by molar-refractivity contribution is 5.89. The van der Waals surface area contributed by atoms with Crippen LogP contribution in [0.25, 0.3) is 0 Å². The quantitative estimate of drug-likeness (QED) is 0.881. The van der Waals surface area contributed by atoms with E-state index >= 15 is 0 Å². The molecule has 2 rings (SSSR count). The number of nitrogens with zero attached hydrogens (tertiary/aromatic N) is 1. The Hall–Kier alpha value is -3.00. The molecular formula is C18H19N3O2. The first-order valence-electron chi connectivity index (χ1n) is 7.38. The SMILES string of the molecule is CCC(NC(=O)Nc1ccc(C#N)cc1)c1ccc(OC)cc1. The maximum Gasteiger partial charge on any atom is 0.319 e. The van der Waals surface area contributed by atoms with Crippen molar-refractivity contribution in [3.8, 4) is 11.8 Å². The monoisotopic (exact) mass is 309 g/mol. The molecule has 0 radical (unpaired) electrons. The third-order valence-electron chi connectivity index (χ3n) is 3.50. The predicted octanol–water partition coefficient (Wildman–Crippen LogP) is 3.84. The fourth-order valence-electron chi connectivity index (χ4n) is 2.21. The molecule has 5 heteroatoms. The van der Waals surface area contributed by atoms with E-state index in [-0.39, 0.29) is 12.1 Å². The van der Waals surface area contributed by atoms with E-state index in [4.69, 9.17) is 10.00 Å². The van der Waals surface area contributed by atoms with Crippen LogP contribution in [0, 0.1) is 11.3 Å². The zero-order valence-corrected chi connectivity index (χ0v) is 13.2. The number of hydrogen-bond acceptors (Lipinski definition) is 3. The number of methoxy groups -OCH3 is 1. The molecule has 118 valence electrons. The summed E-state index contributed by atoms with van der Waals surface area (Å²) in [4.78, 5) is 12.1. The van der Waals surface area contributed by atoms with Crippen molar-refractivity contribution in [3.63, 3.8) is 0 Å². The second kappa shape index (κ2) is 7.85. The van der Waals surface area contributed by atoms with Gasteiger partial charge in [-0.1, -0.05) is 19.1 Å². The number of urea groups is 1. The molecule has 0 saturated carbocycles. The lowest BCUT2D eigenvalue weighted by Crippen LogP contribution is -2.32. The largest absolute Gasteiger partial charge is 0.497 e. The van der Waals surface area contributed by atoms with Crippen LogP contribution < -0.4 is 15.4 Å². The average Bonchev–Trinajstić information content (AvgIpc) is 2.60. The second-order valence-corrected chi connectivity index (χ2v) is 5.02. The molecule has 0 saturated heterocycles. The van der Waals surface area contributed by atoms with Crippen molar-refractivity contribution < 1.29 is 9.53 Å². The Balaban J connectivity index is 1.99. The highest BCUT2D eigenvalue weighted by atomic mass is 16.5. The van der Waals surface area contributed by atoms with Gasteiger partial charge in [-0.3, -0.25) is 0 Å². The summed E-state index contributed by atoms with van der Waals surface area (Å²) in [5, 5.41) is 14.5. The topological polar surface area (TPSA) is 74.2 Å². The van der Waals surface area contributed by atoms with E-state index in [1.807, 2.05) is 37.3 Å². The third kappa shape index (κ3) is 4.48. The summed E-state index contributed by atoms with van der Waals surface area (Å²) in [6.45, 7) is 2.01. The van der Waals surface area contributed by atoms with E-state index in [9.17, 15) is 4.79 Å². The molecule has 0 fully saturated rings. The lowest BCUT2D eigenvalue weighted by Gasteiger charge is -2.18. The Kier molecular flexibility index (Phi) is 5.59. The predicted molar refractivity (Wildman–Crippen MR) is 89.3 cm³/mol. The fraction of sp³-hybridized carbons (Fsp3) is 0.222. The molecule has 0 heterocycles. The molecule has 23 heavy (non-hydrogen) atoms. The van der Waals surface area contributed by atoms with Crippen molar-refractivity contribution >= 4 is 11.7 Å². The van der Waals surface area contributed by atoms with Gasteiger partial charge in [0.05, 0.1) is 24.8 Å². The number of rotatable bonds is 5. The first kappa shape index (κ1) is 16.4. The summed E-state index contributed by atoms with van der Waals surface area (Å²) in [7, 11) is 1.62. The number of amides is 2. The number of hydrogen-bond donors (Lipinski definition) is 2. The van der Waals surface area contributed by atoms with Crippen LogP contribution in [0.1, 0.15) is 30.5 Å². The molecule has 2 N–H and O–H groups in total. The smallest absolute Gasteiger partial charge is 0.319 e. The molecule has 2 aromatic rings. The highest BCUT2D eigenvalue weighted by Crippen LogP contribution is 2.20. The number of carbonyl (C=O) groups is 1. The number of anilines is 1. The summed E-state index contributed by atoms with van der Waals surface area (Å²) in [5.74, 6) is 0.783. The molecule has 0 spiro atoms. The zero-order valence-electron chi connectivity index (χ0n) is 13.2. The average molecular weight is 309 g/mol. The Morgan fingerprint density at radius 2 is 1.83 bits per heavy atom. The first-order valence-corrected chi connectivity index (χ1v) is 7.38. The van der Waals surface area contributed by atoms with Crippen LogP contribution in [0.15, 0.2) is 48.5 Å². The first-order chi connectivity index (χ1) is 11.2. The summed E-state index contributed by atoms with van der Waals surface area (Å²) in [6.07, 6.45) is 0.771. The maximum atomic E-state index is 12.1. The Bertz CT molecular complexity index is 688. The van der Waals surface area contributed by atoms with Crippen molar-refractivity contribution in [3.05, 3.63) is 59.7 Å². The van der Waals surface area contributed by atoms with Gasteiger partial charge in [0, 0.05) is 5.69 Å². The van der Waals surface area contributed by atoms with Gasteiger partial charge < -0.3 is 15.4 Å². The minimum absolute atomic E-state index is 0.0840. The highest BCUT2D eigenvalue weighted by Gasteiger charge is 2.12. The zero-order chi connectivity index (χ0) is 16.7. The Morgan fingerprint density at radius 3 is 2.35 bits per heavy atom. The molecule has 1 unspecified atom stereocenters. The number of nitriles is 1. The van der Waals surface area contributed by atoms with E-state index in [2.05, 4.69) is 10.6 Å². The van der Waals surface area contributed by atoms with Crippen LogP contribution in [-0.2, 0) is 0 Å². The van der Waals surface area contributed by atoms with Gasteiger partial charge in [0.15, 0.2) is 0 Å². The molecule has 2 aromatic carbocycles. The molecule has 5 nitrogen and oxygen atoms in total. The number of ether oxygens (including phenoxy) is 1. The van der Waals surface area contributed by atoms with Gasteiger partial charge >= 0.3 is 6.03 Å². The van der Waals surface area contributed by atoms with Crippen LogP contribution in [0.5, 0.6) is 5.75 Å². The summed E-state index contributed by atoms with van der Waals surface area (Å²) in [6, 6.07) is 16.0. The summed E-state index contributed by atoms with van der Waals surface area (Å²) in [5.41, 5.74) is 2.22. The minimum Gasteiger partial charge on any atom is -0.497 e. The van der Waals surface area contributed by atoms with Crippen LogP contribution in [0.3, 0.4) is 0 Å². The number of carbonyl (C=O) groups excluding carboxylic acids is 1. The van der Waals surface area contributed by atoms with Gasteiger partial charge in [-0.25, -0.2) is 4.79 Å². The summed E-state index contributed by atoms with van der Waals surface area (Å²) < 4.78 is 5.14. The number of nitrogens with one attached hydrogen (secondary N) is 2. The van der Waals surface area contributed by atoms with Gasteiger partial charge in [-0.2, -0.15) is 5.26 Å². The van der Waals surface area contributed by atoms with Gasteiger partial charge in [0.25, 0.3) is 0 Å². The molecular weight excluding hydrogens is 290 g/mol. The van der Waals surface area contributed by atoms with Crippen LogP contribution in [-0.4, -0.2) is 13.1 Å². The van der Waals surface area contributed by atoms with Gasteiger partial charge in [-0.05, 0) is 48.4 Å². The summed E-state index contributed by atoms with van der Waals surface area (Å²) >= 11 is 0. The molecule has 0 bridgehead atoms. The molecule has 0 aliphatic heterocycles. The molecule has 1 atom stereocenters. The molecule has 0 aliphatic carbocycles. The van der Waals surface area contributed by atoms with Crippen molar-refractivity contribution in [1.82, 2.24) is 5.32 Å². The van der Waals surface area contributed by atoms with Gasteiger partial charge in [0.2, 0.25) is 0 Å². The van der Waals surface area contributed by atoms with Crippen molar-refractivity contribution in [2.24, 2.45) is 0 Å². The molecule has 0 aromatic heterocycles. The van der Waals surface area contributed by atoms with Crippen LogP contribution >= 0.6 is 0 Å². The fourth-order valence-corrected chi connectivity index (χ4v) is 2.21. The van der Waals surface area contributed by atoms with E-state index in [1.54, 1.807) is 31.4 Å². The van der Waals surface area contributed by atoms with Gasteiger partial charge in [0.1, 0.15) is 5.75 Å². The van der Waals surface area contributed by atoms with Crippen LogP contribution in [0.4, 0.5) is 10.5 Å². The third-order valence-corrected chi connectivity index (χ3v) is 3.50. The van der Waals surface area contributed by atoms with Crippen molar-refractivity contribution in [2.45, 2.75) is 19.4 Å². The van der Waals surface area contributed by atoms with E-state index in [0.29, 0.717) is 11.3 Å². The van der Waals surface area contributed by atoms with Crippen molar-refractivity contribution in [2.75, 3.05) is 12.4 Å². The standard InChI is InChI=1S/C18H19N3O2/c1-3-17(14-6-10-16(23-2)11-7-14)21-18(22)20-15-8-4-13(12-19)5-9-15/h4-11,17H,3H2,1-2H3,(H2,20,21,22). The van der Waals surface area contributed by atoms with E-state index in [0.717, 1.165) is 17.7 Å². The second-order valence-electron chi connectivity index (χ2n) is 5.02. The Morgan fingerprint density at radius 1 is 1.17 bits per heavy atom. The normalized spacial score (nSPS) is 11.2. The maximum absolute atomic E-state index is 12.1. The van der Waals surface area contributed by atoms with E-state index in [1.165, 1.54) is 0 Å². The lowest BCUT2D eigenvalue weighted by molar-refractivity contribution is 0.248. The molecule has 0 aliphatic rings. The minimum atomic E-state index is -0.280. The molecule has 2 amide bonds.